The summed E-state index contributed by atoms with van der Waals surface area (Å²) in [4.78, 5) is 14.1. The monoisotopic (exact) mass is 411 g/mol. The summed E-state index contributed by atoms with van der Waals surface area (Å²) in [6.45, 7) is 0.809. The van der Waals surface area contributed by atoms with Gasteiger partial charge in [0.1, 0.15) is 12.4 Å². The number of benzene rings is 2. The molecule has 0 radical (unpaired) electrons. The van der Waals surface area contributed by atoms with Gasteiger partial charge in [-0.05, 0) is 42.5 Å². The summed E-state index contributed by atoms with van der Waals surface area (Å²) in [5.74, 6) is 0.317. The molecule has 0 aliphatic heterocycles. The van der Waals surface area contributed by atoms with Crippen molar-refractivity contribution in [2.75, 3.05) is 39.7 Å². The lowest BCUT2D eigenvalue weighted by molar-refractivity contribution is 0.0773. The van der Waals surface area contributed by atoms with Gasteiger partial charge in [-0.2, -0.15) is 0 Å². The van der Waals surface area contributed by atoms with E-state index < -0.39 is 9.84 Å². The van der Waals surface area contributed by atoms with Crippen molar-refractivity contribution < 1.29 is 22.7 Å². The smallest absolute Gasteiger partial charge is 0.253 e. The van der Waals surface area contributed by atoms with E-state index >= 15 is 0 Å². The first-order chi connectivity index (χ1) is 12.8. The van der Waals surface area contributed by atoms with Crippen molar-refractivity contribution in [2.24, 2.45) is 0 Å². The first-order valence-corrected chi connectivity index (χ1v) is 10.3. The molecule has 0 heterocycles. The number of methoxy groups -OCH3 is 1. The number of carbonyl (C=O) groups is 1. The van der Waals surface area contributed by atoms with E-state index in [-0.39, 0.29) is 23.2 Å². The van der Waals surface area contributed by atoms with Crippen LogP contribution >= 0.6 is 11.6 Å². The number of hydrogen-bond acceptors (Lipinski definition) is 5. The van der Waals surface area contributed by atoms with Crippen LogP contribution in [0.3, 0.4) is 0 Å². The van der Waals surface area contributed by atoms with Gasteiger partial charge in [-0.25, -0.2) is 8.42 Å². The number of nitrogens with zero attached hydrogens (tertiary/aromatic N) is 1. The summed E-state index contributed by atoms with van der Waals surface area (Å²) in [5.41, 5.74) is 0.408. The quantitative estimate of drug-likeness (QED) is 0.634. The Bertz CT molecular complexity index is 868. The van der Waals surface area contributed by atoms with Gasteiger partial charge in [-0.3, -0.25) is 4.79 Å². The molecule has 146 valence electrons. The molecule has 0 aliphatic rings. The predicted octanol–water partition coefficient (Wildman–Crippen LogP) is 2.91. The average Bonchev–Trinajstić information content (AvgIpc) is 2.66. The number of sulfone groups is 1. The number of halogens is 1. The summed E-state index contributed by atoms with van der Waals surface area (Å²) in [7, 11) is -0.307. The predicted molar refractivity (Wildman–Crippen MR) is 104 cm³/mol. The van der Waals surface area contributed by atoms with Gasteiger partial charge < -0.3 is 14.4 Å². The van der Waals surface area contributed by atoms with Crippen LogP contribution in [0.4, 0.5) is 0 Å². The second-order valence-electron chi connectivity index (χ2n) is 5.87. The molecule has 0 bridgehead atoms. The Morgan fingerprint density at radius 2 is 1.81 bits per heavy atom. The van der Waals surface area contributed by atoms with Crippen molar-refractivity contribution in [3.05, 3.63) is 59.1 Å². The fourth-order valence-electron chi connectivity index (χ4n) is 2.29. The first-order valence-electron chi connectivity index (χ1n) is 8.29. The summed E-state index contributed by atoms with van der Waals surface area (Å²) in [5, 5.41) is 0.581. The van der Waals surface area contributed by atoms with Crippen LogP contribution in [0.15, 0.2) is 53.4 Å². The minimum absolute atomic E-state index is 0.0997. The molecule has 0 aliphatic carbocycles. The van der Waals surface area contributed by atoms with E-state index in [1.54, 1.807) is 31.3 Å². The molecule has 8 heteroatoms. The summed E-state index contributed by atoms with van der Waals surface area (Å²) in [6.07, 6.45) is 0. The average molecular weight is 412 g/mol. The maximum absolute atomic E-state index is 12.5. The van der Waals surface area contributed by atoms with Crippen molar-refractivity contribution in [1.82, 2.24) is 4.90 Å². The normalized spacial score (nSPS) is 11.2. The SMILES string of the molecule is COCCS(=O)(=O)c1ccc(C(=O)N(C)CCOc2cccc(Cl)c2)cc1. The van der Waals surface area contributed by atoms with Gasteiger partial charge in [0.15, 0.2) is 9.84 Å². The second-order valence-corrected chi connectivity index (χ2v) is 8.41. The topological polar surface area (TPSA) is 72.9 Å². The molecule has 27 heavy (non-hydrogen) atoms. The van der Waals surface area contributed by atoms with Gasteiger partial charge in [0, 0.05) is 24.7 Å². The zero-order chi connectivity index (χ0) is 19.9. The van der Waals surface area contributed by atoms with Crippen LogP contribution < -0.4 is 4.74 Å². The molecule has 0 aromatic heterocycles. The molecule has 2 aromatic rings. The highest BCUT2D eigenvalue weighted by molar-refractivity contribution is 7.91. The number of ether oxygens (including phenoxy) is 2. The van der Waals surface area contributed by atoms with Gasteiger partial charge in [0.05, 0.1) is 23.8 Å². The molecular weight excluding hydrogens is 390 g/mol. The lowest BCUT2D eigenvalue weighted by Gasteiger charge is -2.18. The van der Waals surface area contributed by atoms with Gasteiger partial charge >= 0.3 is 0 Å². The maximum atomic E-state index is 12.5. The third-order valence-corrected chi connectivity index (χ3v) is 5.78. The van der Waals surface area contributed by atoms with E-state index in [9.17, 15) is 13.2 Å². The van der Waals surface area contributed by atoms with Crippen LogP contribution in [0.1, 0.15) is 10.4 Å². The van der Waals surface area contributed by atoms with Crippen LogP contribution in [0.2, 0.25) is 5.02 Å². The summed E-state index contributed by atoms with van der Waals surface area (Å²) < 4.78 is 34.6. The van der Waals surface area contributed by atoms with E-state index in [4.69, 9.17) is 21.1 Å². The minimum atomic E-state index is -3.41. The van der Waals surface area contributed by atoms with Crippen molar-refractivity contribution >= 4 is 27.3 Å². The van der Waals surface area contributed by atoms with Crippen molar-refractivity contribution in [1.29, 1.82) is 0 Å². The highest BCUT2D eigenvalue weighted by atomic mass is 35.5. The van der Waals surface area contributed by atoms with E-state index in [0.717, 1.165) is 0 Å². The third-order valence-electron chi connectivity index (χ3n) is 3.85. The molecule has 0 atom stereocenters. The standard InChI is InChI=1S/C19H22ClNO5S/c1-21(10-11-26-17-5-3-4-16(20)14-17)19(22)15-6-8-18(9-7-15)27(23,24)13-12-25-2/h3-9,14H,10-13H2,1-2H3. The fraction of sp³-hybridized carbons (Fsp3) is 0.316. The molecule has 0 fully saturated rings. The van der Waals surface area contributed by atoms with E-state index in [1.165, 1.54) is 36.3 Å². The van der Waals surface area contributed by atoms with E-state index in [0.29, 0.717) is 29.5 Å². The summed E-state index contributed by atoms with van der Waals surface area (Å²) >= 11 is 5.90. The first kappa shape index (κ1) is 21.2. The number of hydrogen-bond donors (Lipinski definition) is 0. The van der Waals surface area contributed by atoms with Gasteiger partial charge in [-0.1, -0.05) is 17.7 Å². The lowest BCUT2D eigenvalue weighted by atomic mass is 10.2. The molecular formula is C19H22ClNO5S. The molecule has 2 aromatic carbocycles. The van der Waals surface area contributed by atoms with Crippen LogP contribution in [-0.4, -0.2) is 58.9 Å². The molecule has 0 saturated heterocycles. The molecule has 0 unspecified atom stereocenters. The molecule has 0 saturated carbocycles. The van der Waals surface area contributed by atoms with E-state index in [2.05, 4.69) is 0 Å². The highest BCUT2D eigenvalue weighted by Crippen LogP contribution is 2.17. The fourth-order valence-corrected chi connectivity index (χ4v) is 3.65. The Balaban J connectivity index is 1.92. The zero-order valence-electron chi connectivity index (χ0n) is 15.2. The Labute approximate surface area is 164 Å². The minimum Gasteiger partial charge on any atom is -0.492 e. The van der Waals surface area contributed by atoms with Crippen LogP contribution in [0.25, 0.3) is 0 Å². The number of carbonyl (C=O) groups excluding carboxylic acids is 1. The molecule has 6 nitrogen and oxygen atoms in total. The Hall–Kier alpha value is -2.09. The number of likely N-dealkylation sites (N-methyl/N-ethyl adjacent to an activating group) is 1. The Kier molecular flexibility index (Phi) is 7.65. The van der Waals surface area contributed by atoms with E-state index in [1.807, 2.05) is 0 Å². The van der Waals surface area contributed by atoms with Crippen molar-refractivity contribution in [2.45, 2.75) is 4.90 Å². The molecule has 1 amide bonds. The Morgan fingerprint density at radius 1 is 1.11 bits per heavy atom. The summed E-state index contributed by atoms with van der Waals surface area (Å²) in [6, 6.07) is 12.9. The largest absolute Gasteiger partial charge is 0.492 e. The van der Waals surface area contributed by atoms with Crippen LogP contribution in [0, 0.1) is 0 Å². The lowest BCUT2D eigenvalue weighted by Crippen LogP contribution is -2.30. The second kappa shape index (κ2) is 9.73. The molecule has 0 N–H and O–H groups in total. The Morgan fingerprint density at radius 3 is 2.44 bits per heavy atom. The van der Waals surface area contributed by atoms with Gasteiger partial charge in [0.2, 0.25) is 0 Å². The van der Waals surface area contributed by atoms with Crippen molar-refractivity contribution in [3.63, 3.8) is 0 Å². The molecule has 2 rings (SSSR count). The number of rotatable bonds is 9. The van der Waals surface area contributed by atoms with Gasteiger partial charge in [0.25, 0.3) is 5.91 Å². The molecule has 0 spiro atoms. The highest BCUT2D eigenvalue weighted by Gasteiger charge is 2.16. The van der Waals surface area contributed by atoms with Crippen LogP contribution in [0.5, 0.6) is 5.75 Å². The van der Waals surface area contributed by atoms with Crippen molar-refractivity contribution in [3.8, 4) is 5.75 Å². The van der Waals surface area contributed by atoms with Crippen LogP contribution in [-0.2, 0) is 14.6 Å². The third kappa shape index (κ3) is 6.23. The maximum Gasteiger partial charge on any atom is 0.253 e. The number of amides is 1. The van der Waals surface area contributed by atoms with Gasteiger partial charge in [-0.15, -0.1) is 0 Å². The zero-order valence-corrected chi connectivity index (χ0v) is 16.8.